The van der Waals surface area contributed by atoms with Crippen molar-refractivity contribution in [3.8, 4) is 0 Å². The molecule has 0 unspecified atom stereocenters. The third-order valence-electron chi connectivity index (χ3n) is 4.15. The van der Waals surface area contributed by atoms with Gasteiger partial charge in [-0.1, -0.05) is 49.6 Å². The lowest BCUT2D eigenvalue weighted by molar-refractivity contribution is -0.139. The number of halogens is 3. The fourth-order valence-electron chi connectivity index (χ4n) is 3.02. The van der Waals surface area contributed by atoms with E-state index in [1.165, 1.54) is 6.42 Å². The molecule has 0 radical (unpaired) electrons. The third kappa shape index (κ3) is 6.60. The molecule has 0 spiro atoms. The van der Waals surface area contributed by atoms with Gasteiger partial charge < -0.3 is 5.32 Å². The summed E-state index contributed by atoms with van der Waals surface area (Å²) >= 11 is 0. The molecular weight excluding hydrogens is 305 g/mol. The molecular formula is C17H23F3N2O. The minimum atomic E-state index is -4.37. The van der Waals surface area contributed by atoms with E-state index in [0.29, 0.717) is 6.54 Å². The van der Waals surface area contributed by atoms with Gasteiger partial charge in [0.2, 0.25) is 5.91 Å². The molecule has 0 heterocycles. The van der Waals surface area contributed by atoms with Crippen LogP contribution in [0.2, 0.25) is 0 Å². The lowest BCUT2D eigenvalue weighted by Crippen LogP contribution is -2.45. The summed E-state index contributed by atoms with van der Waals surface area (Å²) < 4.78 is 36.7. The number of alkyl halides is 3. The Labute approximate surface area is 134 Å². The Kier molecular flexibility index (Phi) is 6.45. The topological polar surface area (TPSA) is 32.3 Å². The van der Waals surface area contributed by atoms with Gasteiger partial charge in [-0.2, -0.15) is 13.2 Å². The van der Waals surface area contributed by atoms with E-state index in [-0.39, 0.29) is 12.6 Å². The number of hydrogen-bond donors (Lipinski definition) is 1. The molecule has 0 atom stereocenters. The average molecular weight is 328 g/mol. The molecule has 1 amide bonds. The van der Waals surface area contributed by atoms with Crippen molar-refractivity contribution in [1.29, 1.82) is 0 Å². The van der Waals surface area contributed by atoms with Gasteiger partial charge in [0.15, 0.2) is 0 Å². The highest BCUT2D eigenvalue weighted by atomic mass is 19.4. The van der Waals surface area contributed by atoms with E-state index in [1.807, 2.05) is 40.5 Å². The first-order valence-electron chi connectivity index (χ1n) is 8.05. The zero-order valence-corrected chi connectivity index (χ0v) is 13.1. The van der Waals surface area contributed by atoms with Crippen LogP contribution in [0.4, 0.5) is 13.2 Å². The first kappa shape index (κ1) is 17.8. The predicted octanol–water partition coefficient (Wildman–Crippen LogP) is 3.50. The molecule has 3 nitrogen and oxygen atoms in total. The van der Waals surface area contributed by atoms with Crippen LogP contribution in [0, 0.1) is 0 Å². The van der Waals surface area contributed by atoms with Crippen molar-refractivity contribution in [2.75, 3.05) is 13.1 Å². The van der Waals surface area contributed by atoms with Crippen molar-refractivity contribution in [2.45, 2.75) is 50.9 Å². The van der Waals surface area contributed by atoms with Crippen LogP contribution in [0.3, 0.4) is 0 Å². The molecule has 0 bridgehead atoms. The molecule has 23 heavy (non-hydrogen) atoms. The standard InChI is InChI=1S/C17H23F3N2O/c18-17(19,20)13-21-16(23)12-22(15-9-5-2-6-10-15)11-14-7-3-1-4-8-14/h1,3-4,7-8,15H,2,5-6,9-13H2,(H,21,23). The van der Waals surface area contributed by atoms with E-state index in [0.717, 1.165) is 31.2 Å². The molecule has 6 heteroatoms. The second-order valence-electron chi connectivity index (χ2n) is 6.07. The van der Waals surface area contributed by atoms with E-state index in [4.69, 9.17) is 0 Å². The SMILES string of the molecule is O=C(CN(Cc1ccccc1)C1CCCCC1)NCC(F)(F)F. The first-order valence-corrected chi connectivity index (χ1v) is 8.05. The third-order valence-corrected chi connectivity index (χ3v) is 4.15. The molecule has 0 aliphatic heterocycles. The maximum atomic E-state index is 12.2. The lowest BCUT2D eigenvalue weighted by atomic mass is 9.93. The Bertz CT molecular complexity index is 484. The number of hydrogen-bond acceptors (Lipinski definition) is 2. The first-order chi connectivity index (χ1) is 10.9. The van der Waals surface area contributed by atoms with Crippen LogP contribution in [0.5, 0.6) is 0 Å². The Morgan fingerprint density at radius 3 is 2.39 bits per heavy atom. The van der Waals surface area contributed by atoms with Gasteiger partial charge in [0.1, 0.15) is 6.54 Å². The number of amides is 1. The second-order valence-corrected chi connectivity index (χ2v) is 6.07. The Morgan fingerprint density at radius 1 is 1.13 bits per heavy atom. The molecule has 0 aromatic heterocycles. The fraction of sp³-hybridized carbons (Fsp3) is 0.588. The van der Waals surface area contributed by atoms with Crippen LogP contribution in [-0.2, 0) is 11.3 Å². The Morgan fingerprint density at radius 2 is 1.78 bits per heavy atom. The molecule has 1 aliphatic carbocycles. The highest BCUT2D eigenvalue weighted by molar-refractivity contribution is 5.78. The van der Waals surface area contributed by atoms with Gasteiger partial charge in [0.25, 0.3) is 0 Å². The maximum absolute atomic E-state index is 12.2. The Balaban J connectivity index is 1.96. The van der Waals surface area contributed by atoms with Crippen LogP contribution in [-0.4, -0.2) is 36.1 Å². The van der Waals surface area contributed by atoms with Gasteiger partial charge >= 0.3 is 6.18 Å². The number of benzene rings is 1. The van der Waals surface area contributed by atoms with E-state index in [1.54, 1.807) is 0 Å². The number of carbonyl (C=O) groups excluding carboxylic acids is 1. The van der Waals surface area contributed by atoms with Crippen LogP contribution in [0.25, 0.3) is 0 Å². The molecule has 1 aromatic rings. The lowest BCUT2D eigenvalue weighted by Gasteiger charge is -2.34. The van der Waals surface area contributed by atoms with Gasteiger partial charge in [0.05, 0.1) is 6.54 Å². The van der Waals surface area contributed by atoms with E-state index < -0.39 is 18.6 Å². The molecule has 1 N–H and O–H groups in total. The Hall–Kier alpha value is -1.56. The highest BCUT2D eigenvalue weighted by Gasteiger charge is 2.29. The van der Waals surface area contributed by atoms with E-state index >= 15 is 0 Å². The van der Waals surface area contributed by atoms with Crippen molar-refractivity contribution in [1.82, 2.24) is 10.2 Å². The van der Waals surface area contributed by atoms with Crippen LogP contribution < -0.4 is 5.32 Å². The monoisotopic (exact) mass is 328 g/mol. The zero-order valence-electron chi connectivity index (χ0n) is 13.1. The van der Waals surface area contributed by atoms with Crippen molar-refractivity contribution in [2.24, 2.45) is 0 Å². The molecule has 1 aliphatic rings. The highest BCUT2D eigenvalue weighted by Crippen LogP contribution is 2.24. The number of nitrogens with zero attached hydrogens (tertiary/aromatic N) is 1. The summed E-state index contributed by atoms with van der Waals surface area (Å²) in [6.45, 7) is -0.670. The van der Waals surface area contributed by atoms with Gasteiger partial charge in [0, 0.05) is 12.6 Å². The van der Waals surface area contributed by atoms with E-state index in [2.05, 4.69) is 0 Å². The molecule has 2 rings (SSSR count). The molecule has 1 fully saturated rings. The molecule has 128 valence electrons. The maximum Gasteiger partial charge on any atom is 0.405 e. The minimum absolute atomic E-state index is 0.00956. The number of rotatable bonds is 6. The molecule has 0 saturated heterocycles. The summed E-state index contributed by atoms with van der Waals surface area (Å²) in [7, 11) is 0. The fourth-order valence-corrected chi connectivity index (χ4v) is 3.02. The second kappa shape index (κ2) is 8.34. The quantitative estimate of drug-likeness (QED) is 0.867. The number of nitrogens with one attached hydrogen (secondary N) is 1. The molecule has 1 saturated carbocycles. The van der Waals surface area contributed by atoms with Gasteiger partial charge in [-0.05, 0) is 18.4 Å². The summed E-state index contributed by atoms with van der Waals surface area (Å²) in [5.41, 5.74) is 1.07. The van der Waals surface area contributed by atoms with Crippen LogP contribution >= 0.6 is 0 Å². The smallest absolute Gasteiger partial charge is 0.346 e. The van der Waals surface area contributed by atoms with E-state index in [9.17, 15) is 18.0 Å². The summed E-state index contributed by atoms with van der Waals surface area (Å²) in [6, 6.07) is 9.99. The summed E-state index contributed by atoms with van der Waals surface area (Å²) in [5, 5.41) is 1.97. The van der Waals surface area contributed by atoms with Gasteiger partial charge in [-0.25, -0.2) is 0 Å². The van der Waals surface area contributed by atoms with Gasteiger partial charge in [-0.3, -0.25) is 9.69 Å². The van der Waals surface area contributed by atoms with Crippen LogP contribution in [0.15, 0.2) is 30.3 Å². The normalized spacial score (nSPS) is 16.5. The predicted molar refractivity (Wildman–Crippen MR) is 82.8 cm³/mol. The van der Waals surface area contributed by atoms with Crippen molar-refractivity contribution >= 4 is 5.91 Å². The van der Waals surface area contributed by atoms with Crippen LogP contribution in [0.1, 0.15) is 37.7 Å². The minimum Gasteiger partial charge on any atom is -0.346 e. The zero-order chi connectivity index (χ0) is 16.7. The summed E-state index contributed by atoms with van der Waals surface area (Å²) in [4.78, 5) is 13.9. The molecule has 1 aromatic carbocycles. The van der Waals surface area contributed by atoms with Crippen molar-refractivity contribution in [3.05, 3.63) is 35.9 Å². The summed E-state index contributed by atoms with van der Waals surface area (Å²) in [6.07, 6.45) is 1.04. The number of carbonyl (C=O) groups is 1. The van der Waals surface area contributed by atoms with Gasteiger partial charge in [-0.15, -0.1) is 0 Å². The van der Waals surface area contributed by atoms with Crippen molar-refractivity contribution < 1.29 is 18.0 Å². The summed E-state index contributed by atoms with van der Waals surface area (Å²) in [5.74, 6) is -0.566. The van der Waals surface area contributed by atoms with Crippen molar-refractivity contribution in [3.63, 3.8) is 0 Å². The largest absolute Gasteiger partial charge is 0.405 e. The average Bonchev–Trinajstić information content (AvgIpc) is 2.53.